The molecule has 1 aromatic carbocycles. The van der Waals surface area contributed by atoms with Crippen molar-refractivity contribution in [2.24, 2.45) is 4.99 Å². The van der Waals surface area contributed by atoms with Crippen molar-refractivity contribution in [3.05, 3.63) is 35.9 Å². The van der Waals surface area contributed by atoms with E-state index in [-0.39, 0.29) is 18.3 Å². The van der Waals surface area contributed by atoms with E-state index >= 15 is 0 Å². The predicted molar refractivity (Wildman–Crippen MR) is 94.8 cm³/mol. The molecule has 0 radical (unpaired) electrons. The Morgan fingerprint density at radius 2 is 1.82 bits per heavy atom. The van der Waals surface area contributed by atoms with Gasteiger partial charge in [-0.1, -0.05) is 37.3 Å². The molecule has 1 aliphatic heterocycles. The normalized spacial score (nSPS) is 20.8. The van der Waals surface area contributed by atoms with Crippen LogP contribution in [-0.2, 0) is 9.31 Å². The number of benzene rings is 1. The Hall–Kier alpha value is -1.39. The maximum Gasteiger partial charge on any atom is 0.494 e. The SMILES string of the molecule is CC/C=C(\C=NC)c1cccc(B2OC(C)(C)C(C)(C)O2)c1. The Balaban J connectivity index is 2.32. The molecule has 4 heteroatoms. The van der Waals surface area contributed by atoms with E-state index in [0.29, 0.717) is 0 Å². The van der Waals surface area contributed by atoms with Gasteiger partial charge in [0.05, 0.1) is 11.2 Å². The fourth-order valence-corrected chi connectivity index (χ4v) is 2.45. The Labute approximate surface area is 134 Å². The second-order valence-corrected chi connectivity index (χ2v) is 6.67. The van der Waals surface area contributed by atoms with Crippen molar-refractivity contribution < 1.29 is 9.31 Å². The summed E-state index contributed by atoms with van der Waals surface area (Å²) in [6.07, 6.45) is 5.05. The lowest BCUT2D eigenvalue weighted by Gasteiger charge is -2.32. The summed E-state index contributed by atoms with van der Waals surface area (Å²) in [4.78, 5) is 4.15. The van der Waals surface area contributed by atoms with Crippen molar-refractivity contribution in [2.45, 2.75) is 52.2 Å². The fraction of sp³-hybridized carbons (Fsp3) is 0.500. The summed E-state index contributed by atoms with van der Waals surface area (Å²) >= 11 is 0. The number of aliphatic imine (C=N–C) groups is 1. The van der Waals surface area contributed by atoms with Gasteiger partial charge in [-0.05, 0) is 50.7 Å². The molecule has 118 valence electrons. The molecule has 1 heterocycles. The molecule has 0 spiro atoms. The first-order valence-electron chi connectivity index (χ1n) is 7.89. The van der Waals surface area contributed by atoms with Crippen LogP contribution in [0.2, 0.25) is 0 Å². The van der Waals surface area contributed by atoms with E-state index in [4.69, 9.17) is 9.31 Å². The van der Waals surface area contributed by atoms with E-state index in [1.807, 2.05) is 12.3 Å². The summed E-state index contributed by atoms with van der Waals surface area (Å²) < 4.78 is 12.3. The lowest BCUT2D eigenvalue weighted by atomic mass is 9.78. The van der Waals surface area contributed by atoms with Gasteiger partial charge in [0.1, 0.15) is 0 Å². The molecule has 2 rings (SSSR count). The Kier molecular flexibility index (Phi) is 4.93. The number of rotatable bonds is 4. The largest absolute Gasteiger partial charge is 0.494 e. The quantitative estimate of drug-likeness (QED) is 0.629. The highest BCUT2D eigenvalue weighted by atomic mass is 16.7. The Morgan fingerprint density at radius 1 is 1.18 bits per heavy atom. The molecule has 0 bridgehead atoms. The van der Waals surface area contributed by atoms with E-state index in [1.165, 1.54) is 0 Å². The molecule has 0 aromatic heterocycles. The van der Waals surface area contributed by atoms with Crippen LogP contribution in [0.1, 0.15) is 46.6 Å². The van der Waals surface area contributed by atoms with E-state index in [2.05, 4.69) is 63.9 Å². The van der Waals surface area contributed by atoms with Gasteiger partial charge in [-0.25, -0.2) is 0 Å². The summed E-state index contributed by atoms with van der Waals surface area (Å²) in [6, 6.07) is 8.32. The molecule has 3 nitrogen and oxygen atoms in total. The first kappa shape index (κ1) is 17.0. The molecular formula is C18H26BNO2. The van der Waals surface area contributed by atoms with Gasteiger partial charge in [-0.3, -0.25) is 4.99 Å². The molecular weight excluding hydrogens is 273 g/mol. The van der Waals surface area contributed by atoms with Crippen LogP contribution in [0.5, 0.6) is 0 Å². The summed E-state index contributed by atoms with van der Waals surface area (Å²) in [5, 5.41) is 0. The molecule has 1 aliphatic rings. The van der Waals surface area contributed by atoms with Crippen LogP contribution < -0.4 is 5.46 Å². The highest BCUT2D eigenvalue weighted by Gasteiger charge is 2.51. The molecule has 1 fully saturated rings. The number of hydrogen-bond acceptors (Lipinski definition) is 3. The van der Waals surface area contributed by atoms with E-state index in [9.17, 15) is 0 Å². The molecule has 0 unspecified atom stereocenters. The van der Waals surface area contributed by atoms with Crippen molar-refractivity contribution in [3.63, 3.8) is 0 Å². The minimum atomic E-state index is -0.327. The lowest BCUT2D eigenvalue weighted by molar-refractivity contribution is 0.00578. The van der Waals surface area contributed by atoms with Crippen molar-refractivity contribution in [1.29, 1.82) is 0 Å². The minimum Gasteiger partial charge on any atom is -0.399 e. The summed E-state index contributed by atoms with van der Waals surface area (Å²) in [5.74, 6) is 0. The van der Waals surface area contributed by atoms with Crippen LogP contribution in [0.15, 0.2) is 35.3 Å². The monoisotopic (exact) mass is 299 g/mol. The van der Waals surface area contributed by atoms with Crippen LogP contribution in [0.3, 0.4) is 0 Å². The van der Waals surface area contributed by atoms with Gasteiger partial charge >= 0.3 is 7.12 Å². The zero-order chi connectivity index (χ0) is 16.4. The topological polar surface area (TPSA) is 30.8 Å². The van der Waals surface area contributed by atoms with Crippen LogP contribution in [0, 0.1) is 0 Å². The van der Waals surface area contributed by atoms with Crippen LogP contribution in [0.4, 0.5) is 0 Å². The van der Waals surface area contributed by atoms with Gasteiger partial charge in [-0.2, -0.15) is 0 Å². The third kappa shape index (κ3) is 3.34. The van der Waals surface area contributed by atoms with Gasteiger partial charge in [0.2, 0.25) is 0 Å². The van der Waals surface area contributed by atoms with Crippen molar-refractivity contribution in [2.75, 3.05) is 7.05 Å². The third-order valence-corrected chi connectivity index (χ3v) is 4.44. The molecule has 0 N–H and O–H groups in total. The second-order valence-electron chi connectivity index (χ2n) is 6.67. The number of hydrogen-bond donors (Lipinski definition) is 0. The smallest absolute Gasteiger partial charge is 0.399 e. The Morgan fingerprint density at radius 3 is 2.36 bits per heavy atom. The number of allylic oxidation sites excluding steroid dienone is 2. The average Bonchev–Trinajstić information content (AvgIpc) is 2.67. The van der Waals surface area contributed by atoms with Crippen LogP contribution in [-0.4, -0.2) is 31.6 Å². The molecule has 0 aliphatic carbocycles. The molecule has 0 saturated carbocycles. The van der Waals surface area contributed by atoms with E-state index in [1.54, 1.807) is 7.05 Å². The van der Waals surface area contributed by atoms with Gasteiger partial charge in [0.25, 0.3) is 0 Å². The minimum absolute atomic E-state index is 0.319. The van der Waals surface area contributed by atoms with Gasteiger partial charge in [0, 0.05) is 13.3 Å². The summed E-state index contributed by atoms with van der Waals surface area (Å²) in [7, 11) is 1.47. The average molecular weight is 299 g/mol. The van der Waals surface area contributed by atoms with Crippen molar-refractivity contribution in [1.82, 2.24) is 0 Å². The first-order chi connectivity index (χ1) is 10.3. The molecule has 1 aromatic rings. The van der Waals surface area contributed by atoms with E-state index < -0.39 is 0 Å². The summed E-state index contributed by atoms with van der Waals surface area (Å²) in [6.45, 7) is 10.4. The molecule has 22 heavy (non-hydrogen) atoms. The van der Waals surface area contributed by atoms with Crippen LogP contribution >= 0.6 is 0 Å². The van der Waals surface area contributed by atoms with Gasteiger partial charge < -0.3 is 9.31 Å². The maximum absolute atomic E-state index is 6.13. The van der Waals surface area contributed by atoms with E-state index in [0.717, 1.165) is 23.0 Å². The van der Waals surface area contributed by atoms with Crippen molar-refractivity contribution >= 4 is 24.4 Å². The highest BCUT2D eigenvalue weighted by molar-refractivity contribution is 6.62. The van der Waals surface area contributed by atoms with Gasteiger partial charge in [0.15, 0.2) is 0 Å². The fourth-order valence-electron chi connectivity index (χ4n) is 2.45. The lowest BCUT2D eigenvalue weighted by Crippen LogP contribution is -2.41. The van der Waals surface area contributed by atoms with Gasteiger partial charge in [-0.15, -0.1) is 0 Å². The highest BCUT2D eigenvalue weighted by Crippen LogP contribution is 2.36. The number of nitrogens with zero attached hydrogens (tertiary/aromatic N) is 1. The van der Waals surface area contributed by atoms with Crippen molar-refractivity contribution in [3.8, 4) is 0 Å². The Bertz CT molecular complexity index is 575. The maximum atomic E-state index is 6.13. The third-order valence-electron chi connectivity index (χ3n) is 4.44. The zero-order valence-corrected chi connectivity index (χ0v) is 14.5. The molecule has 0 atom stereocenters. The molecule has 0 amide bonds. The molecule has 1 saturated heterocycles. The second kappa shape index (κ2) is 6.39. The summed E-state index contributed by atoms with van der Waals surface area (Å²) in [5.41, 5.74) is 2.67. The van der Waals surface area contributed by atoms with Crippen LogP contribution in [0.25, 0.3) is 5.57 Å². The first-order valence-corrected chi connectivity index (χ1v) is 7.89. The standard InChI is InChI=1S/C18H26BNO2/c1-7-9-15(13-20-6)14-10-8-11-16(12-14)19-21-17(2,3)18(4,5)22-19/h8-13H,7H2,1-6H3/b15-9+,20-13?. The predicted octanol–water partition coefficient (Wildman–Crippen LogP) is 3.48. The zero-order valence-electron chi connectivity index (χ0n) is 14.5.